The van der Waals surface area contributed by atoms with E-state index in [-0.39, 0.29) is 0 Å². The Morgan fingerprint density at radius 2 is 2.14 bits per heavy atom. The van der Waals surface area contributed by atoms with E-state index in [9.17, 15) is 5.11 Å². The fourth-order valence-electron chi connectivity index (χ4n) is 3.43. The van der Waals surface area contributed by atoms with Crippen LogP contribution < -0.4 is 4.90 Å². The minimum Gasteiger partial charge on any atom is -0.387 e. The van der Waals surface area contributed by atoms with Crippen molar-refractivity contribution in [2.45, 2.75) is 32.3 Å². The molecule has 7 heteroatoms. The van der Waals surface area contributed by atoms with Gasteiger partial charge in [-0.15, -0.1) is 10.2 Å². The van der Waals surface area contributed by atoms with Crippen LogP contribution in [0.2, 0.25) is 0 Å². The lowest BCUT2D eigenvalue weighted by atomic mass is 9.91. The van der Waals surface area contributed by atoms with Crippen molar-refractivity contribution in [2.75, 3.05) is 38.6 Å². The van der Waals surface area contributed by atoms with Gasteiger partial charge in [0.15, 0.2) is 0 Å². The summed E-state index contributed by atoms with van der Waals surface area (Å²) in [4.78, 5) is 4.28. The molecular weight excluding hydrogens is 280 g/mol. The number of aryl methyl sites for hydroxylation is 1. The zero-order valence-corrected chi connectivity index (χ0v) is 13.7. The standard InChI is InChI=1S/C15H24N6O/c1-11-12(2)18-21-10-16-17-14(21)13(11)20-7-5-6-15(22,9-20)8-19(3)4/h10,22H,5-9H2,1-4H3. The van der Waals surface area contributed by atoms with E-state index >= 15 is 0 Å². The number of hydrogen-bond donors (Lipinski definition) is 1. The Balaban J connectivity index is 2.00. The minimum absolute atomic E-state index is 0.609. The molecule has 3 rings (SSSR count). The van der Waals surface area contributed by atoms with E-state index in [1.165, 1.54) is 0 Å². The molecule has 3 heterocycles. The number of hydrogen-bond acceptors (Lipinski definition) is 6. The smallest absolute Gasteiger partial charge is 0.201 e. The van der Waals surface area contributed by atoms with Crippen LogP contribution in [0.25, 0.3) is 5.65 Å². The average molecular weight is 304 g/mol. The summed E-state index contributed by atoms with van der Waals surface area (Å²) in [5.41, 5.74) is 3.18. The Kier molecular flexibility index (Phi) is 3.78. The van der Waals surface area contributed by atoms with Crippen molar-refractivity contribution in [3.63, 3.8) is 0 Å². The van der Waals surface area contributed by atoms with Crippen LogP contribution in [0.1, 0.15) is 24.1 Å². The van der Waals surface area contributed by atoms with E-state index in [1.54, 1.807) is 10.8 Å². The van der Waals surface area contributed by atoms with E-state index in [4.69, 9.17) is 0 Å². The molecule has 0 aliphatic carbocycles. The van der Waals surface area contributed by atoms with Crippen LogP contribution in [0.15, 0.2) is 6.33 Å². The number of likely N-dealkylation sites (N-methyl/N-ethyl adjacent to an activating group) is 1. The third-order valence-corrected chi connectivity index (χ3v) is 4.38. The van der Waals surface area contributed by atoms with Crippen LogP contribution in [0.5, 0.6) is 0 Å². The molecular formula is C15H24N6O. The molecule has 1 aliphatic rings. The summed E-state index contributed by atoms with van der Waals surface area (Å²) >= 11 is 0. The highest BCUT2D eigenvalue weighted by molar-refractivity contribution is 5.72. The van der Waals surface area contributed by atoms with Gasteiger partial charge in [0.1, 0.15) is 6.33 Å². The van der Waals surface area contributed by atoms with Crippen molar-refractivity contribution in [2.24, 2.45) is 0 Å². The van der Waals surface area contributed by atoms with Crippen LogP contribution in [-0.2, 0) is 0 Å². The summed E-state index contributed by atoms with van der Waals surface area (Å²) < 4.78 is 1.72. The van der Waals surface area contributed by atoms with Crippen LogP contribution in [0, 0.1) is 13.8 Å². The molecule has 1 aliphatic heterocycles. The molecule has 0 bridgehead atoms. The zero-order chi connectivity index (χ0) is 15.9. The Bertz CT molecular complexity index is 682. The number of piperidine rings is 1. The first kappa shape index (κ1) is 15.2. The van der Waals surface area contributed by atoms with E-state index in [2.05, 4.69) is 27.1 Å². The van der Waals surface area contributed by atoms with E-state index in [0.29, 0.717) is 13.1 Å². The van der Waals surface area contributed by atoms with Crippen LogP contribution in [-0.4, -0.2) is 69.1 Å². The van der Waals surface area contributed by atoms with Gasteiger partial charge in [-0.1, -0.05) is 0 Å². The molecule has 2 aromatic rings. The van der Waals surface area contributed by atoms with Crippen molar-refractivity contribution >= 4 is 11.3 Å². The maximum atomic E-state index is 10.9. The van der Waals surface area contributed by atoms with Crippen molar-refractivity contribution in [1.29, 1.82) is 0 Å². The van der Waals surface area contributed by atoms with Gasteiger partial charge in [-0.2, -0.15) is 9.61 Å². The fraction of sp³-hybridized carbons (Fsp3) is 0.667. The highest BCUT2D eigenvalue weighted by atomic mass is 16.3. The number of fused-ring (bicyclic) bond motifs is 1. The molecule has 2 aromatic heterocycles. The summed E-state index contributed by atoms with van der Waals surface area (Å²) in [6, 6.07) is 0. The van der Waals surface area contributed by atoms with Gasteiger partial charge in [0.2, 0.25) is 5.65 Å². The molecule has 0 saturated carbocycles. The summed E-state index contributed by atoms with van der Waals surface area (Å²) in [5, 5.41) is 23.6. The number of aromatic nitrogens is 4. The number of β-amino-alcohol motifs (C(OH)–C–C–N with tert-alkyl or cyclic N) is 1. The van der Waals surface area contributed by atoms with Gasteiger partial charge >= 0.3 is 0 Å². The normalized spacial score (nSPS) is 22.7. The monoisotopic (exact) mass is 304 g/mol. The first-order valence-corrected chi connectivity index (χ1v) is 7.69. The molecule has 1 N–H and O–H groups in total. The molecule has 1 atom stereocenters. The van der Waals surface area contributed by atoms with E-state index in [0.717, 1.165) is 42.0 Å². The molecule has 0 aromatic carbocycles. The second-order valence-electron chi connectivity index (χ2n) is 6.65. The lowest BCUT2D eigenvalue weighted by Gasteiger charge is -2.42. The van der Waals surface area contributed by atoms with Gasteiger partial charge in [-0.25, -0.2) is 0 Å². The molecule has 1 fully saturated rings. The van der Waals surface area contributed by atoms with Crippen LogP contribution >= 0.6 is 0 Å². The fourth-order valence-corrected chi connectivity index (χ4v) is 3.43. The van der Waals surface area contributed by atoms with E-state index < -0.39 is 5.60 Å². The molecule has 120 valence electrons. The molecule has 0 spiro atoms. The lowest BCUT2D eigenvalue weighted by molar-refractivity contribution is 0.00371. The predicted molar refractivity (Wildman–Crippen MR) is 85.2 cm³/mol. The molecule has 0 amide bonds. The highest BCUT2D eigenvalue weighted by Gasteiger charge is 2.35. The maximum absolute atomic E-state index is 10.9. The van der Waals surface area contributed by atoms with Crippen molar-refractivity contribution in [1.82, 2.24) is 24.7 Å². The second kappa shape index (κ2) is 5.48. The quantitative estimate of drug-likeness (QED) is 0.897. The summed E-state index contributed by atoms with van der Waals surface area (Å²) in [6.07, 6.45) is 3.42. The SMILES string of the molecule is Cc1nn2cnnc2c(N2CCCC(O)(CN(C)C)C2)c1C. The molecule has 22 heavy (non-hydrogen) atoms. The lowest BCUT2D eigenvalue weighted by Crippen LogP contribution is -2.53. The van der Waals surface area contributed by atoms with Gasteiger partial charge in [0, 0.05) is 19.6 Å². The molecule has 0 radical (unpaired) electrons. The Labute approximate surface area is 130 Å². The van der Waals surface area contributed by atoms with Crippen molar-refractivity contribution in [3.8, 4) is 0 Å². The first-order valence-electron chi connectivity index (χ1n) is 7.69. The average Bonchev–Trinajstić information content (AvgIpc) is 2.86. The Morgan fingerprint density at radius 1 is 1.36 bits per heavy atom. The number of aliphatic hydroxyl groups is 1. The number of anilines is 1. The summed E-state index contributed by atoms with van der Waals surface area (Å²) in [7, 11) is 3.99. The van der Waals surface area contributed by atoms with Crippen molar-refractivity contribution in [3.05, 3.63) is 17.6 Å². The highest BCUT2D eigenvalue weighted by Crippen LogP contribution is 2.31. The largest absolute Gasteiger partial charge is 0.387 e. The van der Waals surface area contributed by atoms with E-state index in [1.807, 2.05) is 25.9 Å². The van der Waals surface area contributed by atoms with Gasteiger partial charge in [0.25, 0.3) is 0 Å². The Morgan fingerprint density at radius 3 is 2.86 bits per heavy atom. The summed E-state index contributed by atoms with van der Waals surface area (Å²) in [5.74, 6) is 0. The maximum Gasteiger partial charge on any atom is 0.201 e. The molecule has 1 saturated heterocycles. The Hall–Kier alpha value is -1.73. The second-order valence-corrected chi connectivity index (χ2v) is 6.65. The third kappa shape index (κ3) is 2.66. The van der Waals surface area contributed by atoms with Crippen molar-refractivity contribution < 1.29 is 5.11 Å². The minimum atomic E-state index is -0.692. The summed E-state index contributed by atoms with van der Waals surface area (Å²) in [6.45, 7) is 6.25. The first-order chi connectivity index (χ1) is 10.4. The topological polar surface area (TPSA) is 69.8 Å². The number of rotatable bonds is 3. The third-order valence-electron chi connectivity index (χ3n) is 4.38. The molecule has 7 nitrogen and oxygen atoms in total. The van der Waals surface area contributed by atoms with Crippen LogP contribution in [0.3, 0.4) is 0 Å². The number of nitrogens with zero attached hydrogens (tertiary/aromatic N) is 6. The van der Waals surface area contributed by atoms with Gasteiger partial charge in [-0.3, -0.25) is 0 Å². The predicted octanol–water partition coefficient (Wildman–Crippen LogP) is 0.634. The molecule has 1 unspecified atom stereocenters. The van der Waals surface area contributed by atoms with Gasteiger partial charge in [-0.05, 0) is 46.3 Å². The van der Waals surface area contributed by atoms with Crippen LogP contribution in [0.4, 0.5) is 5.69 Å². The zero-order valence-electron chi connectivity index (χ0n) is 13.7. The van der Waals surface area contributed by atoms with Gasteiger partial charge in [0.05, 0.1) is 17.0 Å². The van der Waals surface area contributed by atoms with Gasteiger partial charge < -0.3 is 14.9 Å².